The highest BCUT2D eigenvalue weighted by Gasteiger charge is 2.17. The first-order valence-corrected chi connectivity index (χ1v) is 7.78. The molecule has 3 rings (SSSR count). The Labute approximate surface area is 140 Å². The van der Waals surface area contributed by atoms with E-state index in [2.05, 4.69) is 15.3 Å². The molecular formula is C18H20N4O2. The van der Waals surface area contributed by atoms with Crippen LogP contribution in [0.15, 0.2) is 36.7 Å². The number of nitrogens with one attached hydrogen (secondary N) is 1. The molecule has 2 aromatic heterocycles. The van der Waals surface area contributed by atoms with E-state index in [1.54, 1.807) is 30.1 Å². The van der Waals surface area contributed by atoms with E-state index < -0.39 is 6.10 Å². The van der Waals surface area contributed by atoms with E-state index in [9.17, 15) is 9.90 Å². The van der Waals surface area contributed by atoms with Crippen molar-refractivity contribution in [3.05, 3.63) is 59.3 Å². The number of aromatic nitrogens is 3. The zero-order valence-electron chi connectivity index (χ0n) is 13.9. The van der Waals surface area contributed by atoms with Crippen LogP contribution in [0.1, 0.15) is 33.5 Å². The molecule has 1 atom stereocenters. The van der Waals surface area contributed by atoms with Crippen molar-refractivity contribution >= 4 is 16.8 Å². The summed E-state index contributed by atoms with van der Waals surface area (Å²) >= 11 is 0. The second kappa shape index (κ2) is 6.41. The van der Waals surface area contributed by atoms with Crippen molar-refractivity contribution in [2.24, 2.45) is 7.05 Å². The molecule has 124 valence electrons. The summed E-state index contributed by atoms with van der Waals surface area (Å²) in [6, 6.07) is 7.54. The van der Waals surface area contributed by atoms with Gasteiger partial charge in [0.05, 0.1) is 17.6 Å². The minimum absolute atomic E-state index is 0.0956. The molecule has 0 aliphatic carbocycles. The average molecular weight is 324 g/mol. The predicted molar refractivity (Wildman–Crippen MR) is 91.7 cm³/mol. The number of amides is 1. The van der Waals surface area contributed by atoms with Gasteiger partial charge in [-0.3, -0.25) is 9.78 Å². The molecule has 3 aromatic rings. The first kappa shape index (κ1) is 16.1. The number of aliphatic hydroxyl groups excluding tert-OH is 1. The predicted octanol–water partition coefficient (Wildman–Crippen LogP) is 2.05. The van der Waals surface area contributed by atoms with Crippen molar-refractivity contribution in [1.82, 2.24) is 19.9 Å². The molecule has 0 bridgehead atoms. The Morgan fingerprint density at radius 1 is 1.38 bits per heavy atom. The van der Waals surface area contributed by atoms with Gasteiger partial charge in [-0.05, 0) is 25.5 Å². The Balaban J connectivity index is 1.84. The molecule has 0 saturated heterocycles. The molecular weight excluding hydrogens is 304 g/mol. The topological polar surface area (TPSA) is 80.0 Å². The van der Waals surface area contributed by atoms with Crippen LogP contribution in [0.2, 0.25) is 0 Å². The number of rotatable bonds is 4. The van der Waals surface area contributed by atoms with Crippen molar-refractivity contribution in [3.8, 4) is 0 Å². The molecule has 6 heteroatoms. The zero-order chi connectivity index (χ0) is 17.3. The minimum Gasteiger partial charge on any atom is -0.383 e. The number of hydrogen-bond donors (Lipinski definition) is 2. The van der Waals surface area contributed by atoms with E-state index in [1.165, 1.54) is 0 Å². The van der Waals surface area contributed by atoms with Crippen LogP contribution >= 0.6 is 0 Å². The lowest BCUT2D eigenvalue weighted by molar-refractivity contribution is 0.0911. The Bertz CT molecular complexity index is 901. The monoisotopic (exact) mass is 324 g/mol. The maximum absolute atomic E-state index is 12.6. The zero-order valence-corrected chi connectivity index (χ0v) is 13.9. The van der Waals surface area contributed by atoms with Crippen molar-refractivity contribution < 1.29 is 9.90 Å². The van der Waals surface area contributed by atoms with Crippen molar-refractivity contribution in [2.75, 3.05) is 6.54 Å². The van der Waals surface area contributed by atoms with Crippen LogP contribution < -0.4 is 5.32 Å². The van der Waals surface area contributed by atoms with Crippen LogP contribution in [-0.2, 0) is 7.05 Å². The van der Waals surface area contributed by atoms with E-state index in [-0.39, 0.29) is 12.5 Å². The standard InChI is InChI=1S/C18H20N4O2/c1-11-5-4-6-13-14(9-12(2)21-16(11)13)18(24)20-10-15(23)17-19-7-8-22(17)3/h4-9,15,23H,10H2,1-3H3,(H,20,24). The number of carbonyl (C=O) groups is 1. The maximum atomic E-state index is 12.6. The fraction of sp³-hybridized carbons (Fsp3) is 0.278. The van der Waals surface area contributed by atoms with Crippen LogP contribution in [0.25, 0.3) is 10.9 Å². The van der Waals surface area contributed by atoms with Gasteiger partial charge in [0.25, 0.3) is 5.91 Å². The number of nitrogens with zero attached hydrogens (tertiary/aromatic N) is 3. The van der Waals surface area contributed by atoms with E-state index in [0.717, 1.165) is 22.2 Å². The number of aryl methyl sites for hydroxylation is 3. The number of hydrogen-bond acceptors (Lipinski definition) is 4. The van der Waals surface area contributed by atoms with Gasteiger partial charge in [-0.25, -0.2) is 4.98 Å². The summed E-state index contributed by atoms with van der Waals surface area (Å²) in [6.07, 6.45) is 2.51. The number of benzene rings is 1. The number of imidazole rings is 1. The summed E-state index contributed by atoms with van der Waals surface area (Å²) in [4.78, 5) is 21.2. The molecule has 0 aliphatic heterocycles. The van der Waals surface area contributed by atoms with Crippen molar-refractivity contribution in [1.29, 1.82) is 0 Å². The molecule has 1 unspecified atom stereocenters. The first-order chi connectivity index (χ1) is 11.5. The van der Waals surface area contributed by atoms with Crippen LogP contribution in [0.3, 0.4) is 0 Å². The normalized spacial score (nSPS) is 12.3. The molecule has 0 aliphatic rings. The van der Waals surface area contributed by atoms with Gasteiger partial charge in [0.1, 0.15) is 11.9 Å². The van der Waals surface area contributed by atoms with Gasteiger partial charge in [-0.1, -0.05) is 18.2 Å². The molecule has 2 N–H and O–H groups in total. The lowest BCUT2D eigenvalue weighted by Gasteiger charge is -2.13. The molecule has 0 radical (unpaired) electrons. The Morgan fingerprint density at radius 3 is 2.88 bits per heavy atom. The second-order valence-corrected chi connectivity index (χ2v) is 5.90. The smallest absolute Gasteiger partial charge is 0.252 e. The summed E-state index contributed by atoms with van der Waals surface area (Å²) < 4.78 is 1.73. The summed E-state index contributed by atoms with van der Waals surface area (Å²) in [6.45, 7) is 3.94. The summed E-state index contributed by atoms with van der Waals surface area (Å²) in [5, 5.41) is 13.8. The van der Waals surface area contributed by atoms with Gasteiger partial charge in [0, 0.05) is 30.5 Å². The number of para-hydroxylation sites is 1. The van der Waals surface area contributed by atoms with Gasteiger partial charge >= 0.3 is 0 Å². The lowest BCUT2D eigenvalue weighted by atomic mass is 10.0. The molecule has 0 saturated carbocycles. The van der Waals surface area contributed by atoms with Crippen LogP contribution in [0.5, 0.6) is 0 Å². The van der Waals surface area contributed by atoms with Crippen LogP contribution in [0, 0.1) is 13.8 Å². The molecule has 24 heavy (non-hydrogen) atoms. The molecule has 0 spiro atoms. The number of aliphatic hydroxyl groups is 1. The van der Waals surface area contributed by atoms with E-state index >= 15 is 0 Å². The first-order valence-electron chi connectivity index (χ1n) is 7.78. The Hall–Kier alpha value is -2.73. The summed E-state index contributed by atoms with van der Waals surface area (Å²) in [5.74, 6) is 0.284. The molecule has 2 heterocycles. The van der Waals surface area contributed by atoms with Gasteiger partial charge in [0.2, 0.25) is 0 Å². The lowest BCUT2D eigenvalue weighted by Crippen LogP contribution is -2.29. The van der Waals surface area contributed by atoms with E-state index in [0.29, 0.717) is 11.4 Å². The highest BCUT2D eigenvalue weighted by atomic mass is 16.3. The number of pyridine rings is 1. The second-order valence-electron chi connectivity index (χ2n) is 5.90. The molecule has 1 aromatic carbocycles. The van der Waals surface area contributed by atoms with Gasteiger partial charge in [0.15, 0.2) is 0 Å². The molecule has 0 fully saturated rings. The fourth-order valence-corrected chi connectivity index (χ4v) is 2.78. The number of carbonyl (C=O) groups excluding carboxylic acids is 1. The largest absolute Gasteiger partial charge is 0.383 e. The van der Waals surface area contributed by atoms with E-state index in [1.807, 2.05) is 32.0 Å². The third kappa shape index (κ3) is 3.00. The Morgan fingerprint density at radius 2 is 2.17 bits per heavy atom. The van der Waals surface area contributed by atoms with Gasteiger partial charge in [-0.15, -0.1) is 0 Å². The summed E-state index contributed by atoms with van der Waals surface area (Å²) in [7, 11) is 1.80. The fourth-order valence-electron chi connectivity index (χ4n) is 2.78. The highest BCUT2D eigenvalue weighted by Crippen LogP contribution is 2.21. The third-order valence-corrected chi connectivity index (χ3v) is 4.03. The quantitative estimate of drug-likeness (QED) is 0.770. The van der Waals surface area contributed by atoms with E-state index in [4.69, 9.17) is 0 Å². The summed E-state index contributed by atoms with van der Waals surface area (Å²) in [5.41, 5.74) is 3.20. The Kier molecular flexibility index (Phi) is 4.31. The van der Waals surface area contributed by atoms with Crippen molar-refractivity contribution in [2.45, 2.75) is 20.0 Å². The van der Waals surface area contributed by atoms with Crippen molar-refractivity contribution in [3.63, 3.8) is 0 Å². The highest BCUT2D eigenvalue weighted by molar-refractivity contribution is 6.06. The third-order valence-electron chi connectivity index (χ3n) is 4.03. The van der Waals surface area contributed by atoms with Crippen LogP contribution in [0.4, 0.5) is 0 Å². The SMILES string of the molecule is Cc1cc(C(=O)NCC(O)c2nccn2C)c2cccc(C)c2n1. The van der Waals surface area contributed by atoms with Gasteiger partial charge < -0.3 is 15.0 Å². The molecule has 1 amide bonds. The average Bonchev–Trinajstić information content (AvgIpc) is 2.98. The van der Waals surface area contributed by atoms with Gasteiger partial charge in [-0.2, -0.15) is 0 Å². The minimum atomic E-state index is -0.857. The number of fused-ring (bicyclic) bond motifs is 1. The molecule has 6 nitrogen and oxygen atoms in total. The maximum Gasteiger partial charge on any atom is 0.252 e. The van der Waals surface area contributed by atoms with Crippen LogP contribution in [-0.4, -0.2) is 32.1 Å².